The van der Waals surface area contributed by atoms with E-state index in [1.165, 1.54) is 5.56 Å². The molecule has 0 unspecified atom stereocenters. The fourth-order valence-electron chi connectivity index (χ4n) is 3.13. The second kappa shape index (κ2) is 6.90. The topological polar surface area (TPSA) is 45.6 Å². The number of benzene rings is 1. The lowest BCUT2D eigenvalue weighted by atomic mass is 10.0. The molecule has 22 heavy (non-hydrogen) atoms. The predicted octanol–water partition coefficient (Wildman–Crippen LogP) is 2.44. The van der Waals surface area contributed by atoms with Gasteiger partial charge in [0.1, 0.15) is 5.75 Å². The number of methoxy groups -OCH3 is 1. The lowest BCUT2D eigenvalue weighted by molar-refractivity contribution is 0.175. The first-order chi connectivity index (χ1) is 10.8. The minimum absolute atomic E-state index is 0.244. The Morgan fingerprint density at radius 1 is 1.27 bits per heavy atom. The summed E-state index contributed by atoms with van der Waals surface area (Å²) in [6, 6.07) is 14.4. The van der Waals surface area contributed by atoms with E-state index in [0.29, 0.717) is 6.54 Å². The normalized spacial score (nSPS) is 21.9. The number of rotatable bonds is 5. The number of ether oxygens (including phenoxy) is 1. The van der Waals surface area contributed by atoms with Crippen LogP contribution in [0.1, 0.15) is 23.7 Å². The molecule has 4 nitrogen and oxygen atoms in total. The molecule has 1 aromatic heterocycles. The van der Waals surface area contributed by atoms with Gasteiger partial charge in [0.15, 0.2) is 0 Å². The van der Waals surface area contributed by atoms with E-state index < -0.39 is 0 Å². The number of hydrogen-bond donors (Lipinski definition) is 1. The standard InChI is InChI=1S/C18H22N2O2/c1-22-17-7-4-5-14(11-17)18-12-16(21)13-20(18)10-8-15-6-2-3-9-19-15/h2-7,9,11,16,18,21H,8,10,12-13H2,1H3/t16-,18+/m1/s1. The molecule has 1 aliphatic rings. The lowest BCUT2D eigenvalue weighted by Gasteiger charge is -2.24. The van der Waals surface area contributed by atoms with Gasteiger partial charge in [-0.3, -0.25) is 9.88 Å². The smallest absolute Gasteiger partial charge is 0.119 e. The van der Waals surface area contributed by atoms with Crippen molar-refractivity contribution in [1.82, 2.24) is 9.88 Å². The Balaban J connectivity index is 1.71. The van der Waals surface area contributed by atoms with Gasteiger partial charge < -0.3 is 9.84 Å². The van der Waals surface area contributed by atoms with Crippen LogP contribution in [0.4, 0.5) is 0 Å². The van der Waals surface area contributed by atoms with Crippen molar-refractivity contribution < 1.29 is 9.84 Å². The van der Waals surface area contributed by atoms with Crippen molar-refractivity contribution in [3.8, 4) is 5.75 Å². The van der Waals surface area contributed by atoms with Gasteiger partial charge in [0.2, 0.25) is 0 Å². The van der Waals surface area contributed by atoms with E-state index in [9.17, 15) is 5.11 Å². The van der Waals surface area contributed by atoms with E-state index in [1.54, 1.807) is 7.11 Å². The third-order valence-corrected chi connectivity index (χ3v) is 4.24. The highest BCUT2D eigenvalue weighted by Gasteiger charge is 2.31. The molecule has 2 aromatic rings. The Labute approximate surface area is 131 Å². The van der Waals surface area contributed by atoms with Gasteiger partial charge in [-0.05, 0) is 36.2 Å². The average molecular weight is 298 g/mol. The van der Waals surface area contributed by atoms with E-state index in [-0.39, 0.29) is 12.1 Å². The summed E-state index contributed by atoms with van der Waals surface area (Å²) in [6.07, 6.45) is 3.23. The van der Waals surface area contributed by atoms with Gasteiger partial charge in [-0.2, -0.15) is 0 Å². The van der Waals surface area contributed by atoms with Gasteiger partial charge in [0.05, 0.1) is 13.2 Å². The quantitative estimate of drug-likeness (QED) is 0.921. The van der Waals surface area contributed by atoms with Crippen LogP contribution < -0.4 is 4.74 Å². The number of likely N-dealkylation sites (tertiary alicyclic amines) is 1. The van der Waals surface area contributed by atoms with E-state index in [0.717, 1.165) is 30.8 Å². The number of aliphatic hydroxyl groups excluding tert-OH is 1. The Bertz CT molecular complexity index is 603. The summed E-state index contributed by atoms with van der Waals surface area (Å²) in [7, 11) is 1.68. The molecular formula is C18H22N2O2. The van der Waals surface area contributed by atoms with Crippen molar-refractivity contribution in [2.75, 3.05) is 20.2 Å². The molecule has 116 valence electrons. The number of pyridine rings is 1. The van der Waals surface area contributed by atoms with Crippen LogP contribution in [0.3, 0.4) is 0 Å². The zero-order chi connectivity index (χ0) is 15.4. The summed E-state index contributed by atoms with van der Waals surface area (Å²) < 4.78 is 5.31. The average Bonchev–Trinajstić information content (AvgIpc) is 2.95. The van der Waals surface area contributed by atoms with Gasteiger partial charge in [0, 0.05) is 37.4 Å². The number of nitrogens with zero attached hydrogens (tertiary/aromatic N) is 2. The summed E-state index contributed by atoms with van der Waals surface area (Å²) in [5.74, 6) is 0.864. The monoisotopic (exact) mass is 298 g/mol. The molecule has 0 bridgehead atoms. The Morgan fingerprint density at radius 2 is 2.18 bits per heavy atom. The van der Waals surface area contributed by atoms with E-state index in [4.69, 9.17) is 4.74 Å². The van der Waals surface area contributed by atoms with Crippen LogP contribution in [0.15, 0.2) is 48.7 Å². The van der Waals surface area contributed by atoms with Gasteiger partial charge >= 0.3 is 0 Å². The maximum absolute atomic E-state index is 10.1. The number of aromatic nitrogens is 1. The Morgan fingerprint density at radius 3 is 2.95 bits per heavy atom. The summed E-state index contributed by atoms with van der Waals surface area (Å²) in [5.41, 5.74) is 2.30. The van der Waals surface area contributed by atoms with E-state index in [1.807, 2.05) is 36.5 Å². The summed E-state index contributed by atoms with van der Waals surface area (Å²) >= 11 is 0. The van der Waals surface area contributed by atoms with Gasteiger partial charge in [0.25, 0.3) is 0 Å². The molecule has 0 aliphatic carbocycles. The van der Waals surface area contributed by atoms with Crippen molar-refractivity contribution in [3.63, 3.8) is 0 Å². The van der Waals surface area contributed by atoms with Crippen molar-refractivity contribution in [2.45, 2.75) is 25.0 Å². The van der Waals surface area contributed by atoms with Crippen LogP contribution in [-0.4, -0.2) is 41.3 Å². The van der Waals surface area contributed by atoms with Crippen LogP contribution in [0.2, 0.25) is 0 Å². The SMILES string of the molecule is COc1cccc([C@@H]2C[C@@H](O)CN2CCc2ccccn2)c1. The van der Waals surface area contributed by atoms with Gasteiger partial charge in [-0.1, -0.05) is 18.2 Å². The van der Waals surface area contributed by atoms with Crippen LogP contribution >= 0.6 is 0 Å². The highest BCUT2D eigenvalue weighted by Crippen LogP contribution is 2.33. The van der Waals surface area contributed by atoms with Crippen LogP contribution in [0.25, 0.3) is 0 Å². The molecule has 1 aromatic carbocycles. The van der Waals surface area contributed by atoms with Crippen LogP contribution in [-0.2, 0) is 6.42 Å². The molecule has 4 heteroatoms. The number of β-amino-alcohol motifs (C(OH)–C–C–N with tert-alkyl or cyclic N) is 1. The van der Waals surface area contributed by atoms with Crippen molar-refractivity contribution in [1.29, 1.82) is 0 Å². The molecule has 0 saturated carbocycles. The van der Waals surface area contributed by atoms with Gasteiger partial charge in [-0.15, -0.1) is 0 Å². The van der Waals surface area contributed by atoms with E-state index >= 15 is 0 Å². The lowest BCUT2D eigenvalue weighted by Crippen LogP contribution is -2.27. The fourth-order valence-corrected chi connectivity index (χ4v) is 3.13. The Hall–Kier alpha value is -1.91. The molecule has 3 rings (SSSR count). The maximum Gasteiger partial charge on any atom is 0.119 e. The molecule has 0 amide bonds. The summed E-state index contributed by atoms with van der Waals surface area (Å²) in [4.78, 5) is 6.72. The highest BCUT2D eigenvalue weighted by molar-refractivity contribution is 5.31. The van der Waals surface area contributed by atoms with E-state index in [2.05, 4.69) is 22.0 Å². The zero-order valence-corrected chi connectivity index (χ0v) is 12.9. The summed E-state index contributed by atoms with van der Waals surface area (Å²) in [5, 5.41) is 10.1. The number of hydrogen-bond acceptors (Lipinski definition) is 4. The second-order valence-corrected chi connectivity index (χ2v) is 5.75. The first-order valence-electron chi connectivity index (χ1n) is 7.72. The molecular weight excluding hydrogens is 276 g/mol. The molecule has 1 N–H and O–H groups in total. The highest BCUT2D eigenvalue weighted by atomic mass is 16.5. The Kier molecular flexibility index (Phi) is 4.71. The minimum Gasteiger partial charge on any atom is -0.497 e. The van der Waals surface area contributed by atoms with Crippen LogP contribution in [0.5, 0.6) is 5.75 Å². The molecule has 1 fully saturated rings. The first kappa shape index (κ1) is 15.0. The van der Waals surface area contributed by atoms with Crippen molar-refractivity contribution in [3.05, 3.63) is 59.9 Å². The maximum atomic E-state index is 10.1. The number of aliphatic hydroxyl groups is 1. The first-order valence-corrected chi connectivity index (χ1v) is 7.72. The minimum atomic E-state index is -0.264. The van der Waals surface area contributed by atoms with Gasteiger partial charge in [-0.25, -0.2) is 0 Å². The van der Waals surface area contributed by atoms with Crippen LogP contribution in [0, 0.1) is 0 Å². The van der Waals surface area contributed by atoms with Crippen molar-refractivity contribution >= 4 is 0 Å². The predicted molar refractivity (Wildman–Crippen MR) is 85.9 cm³/mol. The fraction of sp³-hybridized carbons (Fsp3) is 0.389. The third kappa shape index (κ3) is 3.46. The largest absolute Gasteiger partial charge is 0.497 e. The molecule has 2 heterocycles. The molecule has 2 atom stereocenters. The molecule has 0 radical (unpaired) electrons. The zero-order valence-electron chi connectivity index (χ0n) is 12.9. The second-order valence-electron chi connectivity index (χ2n) is 5.75. The molecule has 0 spiro atoms. The van der Waals surface area contributed by atoms with Crippen molar-refractivity contribution in [2.24, 2.45) is 0 Å². The molecule has 1 aliphatic heterocycles. The molecule has 1 saturated heterocycles. The summed E-state index contributed by atoms with van der Waals surface area (Å²) in [6.45, 7) is 1.62. The third-order valence-electron chi connectivity index (χ3n) is 4.24.